The summed E-state index contributed by atoms with van der Waals surface area (Å²) < 4.78 is 27.5. The van der Waals surface area contributed by atoms with Crippen LogP contribution in [0.1, 0.15) is 36.5 Å². The number of rotatable bonds is 11. The molecule has 0 bridgehead atoms. The molecule has 2 aromatic rings. The quantitative estimate of drug-likeness (QED) is 0.326. The molecule has 2 rings (SSSR count). The third-order valence-corrected chi connectivity index (χ3v) is 5.38. The van der Waals surface area contributed by atoms with Gasteiger partial charge in [0.05, 0.1) is 11.3 Å². The summed E-state index contributed by atoms with van der Waals surface area (Å²) in [6.45, 7) is 1.38. The first-order chi connectivity index (χ1) is 15.6. The predicted molar refractivity (Wildman–Crippen MR) is 120 cm³/mol. The first kappa shape index (κ1) is 25.7. The molecular weight excluding hydrogens is 450 g/mol. The van der Waals surface area contributed by atoms with Crippen LogP contribution in [0.15, 0.2) is 59.5 Å². The zero-order valence-electron chi connectivity index (χ0n) is 17.9. The van der Waals surface area contributed by atoms with Crippen molar-refractivity contribution >= 4 is 39.3 Å². The number of benzene rings is 2. The molecule has 0 radical (unpaired) electrons. The maximum atomic E-state index is 12.1. The minimum absolute atomic E-state index is 0.000553. The zero-order valence-corrected chi connectivity index (χ0v) is 18.8. The maximum absolute atomic E-state index is 12.1. The summed E-state index contributed by atoms with van der Waals surface area (Å²) >= 11 is 0. The van der Waals surface area contributed by atoms with Gasteiger partial charge in [0.15, 0.2) is 11.9 Å². The molecule has 0 saturated heterocycles. The highest BCUT2D eigenvalue weighted by Crippen LogP contribution is 2.13. The number of amides is 2. The molecule has 0 aliphatic carbocycles. The fourth-order valence-electron chi connectivity index (χ4n) is 2.67. The van der Waals surface area contributed by atoms with Crippen LogP contribution in [0.25, 0.3) is 0 Å². The van der Waals surface area contributed by atoms with Crippen molar-refractivity contribution in [1.82, 2.24) is 5.32 Å². The van der Waals surface area contributed by atoms with E-state index in [1.807, 2.05) is 0 Å². The van der Waals surface area contributed by atoms with Gasteiger partial charge in [0.25, 0.3) is 5.91 Å². The van der Waals surface area contributed by atoms with E-state index in [0.717, 1.165) is 0 Å². The van der Waals surface area contributed by atoms with Gasteiger partial charge in [-0.2, -0.15) is 0 Å². The van der Waals surface area contributed by atoms with E-state index < -0.39 is 28.0 Å². The number of esters is 1. The third kappa shape index (κ3) is 8.83. The first-order valence-electron chi connectivity index (χ1n) is 10.0. The lowest BCUT2D eigenvalue weighted by Gasteiger charge is -2.14. The summed E-state index contributed by atoms with van der Waals surface area (Å²) in [5, 5.41) is 10.0. The van der Waals surface area contributed by atoms with Crippen LogP contribution >= 0.6 is 0 Å². The number of carbonyl (C=O) groups is 4. The molecule has 0 aliphatic heterocycles. The Morgan fingerprint density at radius 3 is 2.18 bits per heavy atom. The number of sulfonamides is 1. The summed E-state index contributed by atoms with van der Waals surface area (Å²) in [5.74, 6) is -1.83. The summed E-state index contributed by atoms with van der Waals surface area (Å²) in [5.41, 5.74) is 0.828. The fourth-order valence-corrected chi connectivity index (χ4v) is 3.18. The molecule has 33 heavy (non-hydrogen) atoms. The smallest absolute Gasteiger partial charge is 0.308 e. The highest BCUT2D eigenvalue weighted by Gasteiger charge is 2.18. The second-order valence-electron chi connectivity index (χ2n) is 7.08. The third-order valence-electron chi connectivity index (χ3n) is 4.45. The van der Waals surface area contributed by atoms with Gasteiger partial charge in [-0.25, -0.2) is 13.6 Å². The molecule has 0 saturated carbocycles. The topological polar surface area (TPSA) is 162 Å². The normalized spacial score (nSPS) is 11.8. The molecule has 4 N–H and O–H groups in total. The zero-order chi connectivity index (χ0) is 24.4. The number of ketones is 1. The lowest BCUT2D eigenvalue weighted by atomic mass is 10.1. The molecule has 176 valence electrons. The Bertz CT molecular complexity index is 1100. The molecule has 0 aromatic heterocycles. The van der Waals surface area contributed by atoms with Gasteiger partial charge in [0.2, 0.25) is 15.9 Å². The minimum Gasteiger partial charge on any atom is -0.452 e. The van der Waals surface area contributed by atoms with Gasteiger partial charge >= 0.3 is 5.97 Å². The van der Waals surface area contributed by atoms with Crippen LogP contribution in [0.3, 0.4) is 0 Å². The van der Waals surface area contributed by atoms with Gasteiger partial charge in [-0.15, -0.1) is 0 Å². The van der Waals surface area contributed by atoms with E-state index in [1.54, 1.807) is 30.3 Å². The van der Waals surface area contributed by atoms with Crippen molar-refractivity contribution < 1.29 is 32.3 Å². The van der Waals surface area contributed by atoms with Crippen LogP contribution in [-0.2, 0) is 29.1 Å². The summed E-state index contributed by atoms with van der Waals surface area (Å²) in [4.78, 5) is 47.8. The lowest BCUT2D eigenvalue weighted by molar-refractivity contribution is -0.153. The Hall–Kier alpha value is -3.57. The van der Waals surface area contributed by atoms with Crippen molar-refractivity contribution in [3.63, 3.8) is 0 Å². The number of hydrogen-bond acceptors (Lipinski definition) is 7. The molecule has 0 heterocycles. The Balaban J connectivity index is 1.68. The van der Waals surface area contributed by atoms with E-state index in [0.29, 0.717) is 11.3 Å². The maximum Gasteiger partial charge on any atom is 0.308 e. The molecule has 0 spiro atoms. The molecule has 0 unspecified atom stereocenters. The van der Waals surface area contributed by atoms with E-state index in [1.165, 1.54) is 31.2 Å². The van der Waals surface area contributed by atoms with Crippen molar-refractivity contribution in [3.8, 4) is 0 Å². The molecule has 1 atom stereocenters. The van der Waals surface area contributed by atoms with Gasteiger partial charge in [-0.3, -0.25) is 19.2 Å². The van der Waals surface area contributed by atoms with Crippen molar-refractivity contribution in [1.29, 1.82) is 0 Å². The monoisotopic (exact) mass is 475 g/mol. The second-order valence-corrected chi connectivity index (χ2v) is 8.64. The average molecular weight is 476 g/mol. The standard InChI is InChI=1S/C22H25N3O7S/c1-15(22(29)25-17-7-9-18(10-8-17)33(23,30)31)32-21(28)13-14-24-20(27)12-11-19(26)16-5-3-2-4-6-16/h2-10,15H,11-14H2,1H3,(H,24,27)(H,25,29)(H2,23,30,31)/t15-/m0/s1. The van der Waals surface area contributed by atoms with Crippen molar-refractivity contribution in [2.75, 3.05) is 11.9 Å². The van der Waals surface area contributed by atoms with Crippen molar-refractivity contribution in [3.05, 3.63) is 60.2 Å². The van der Waals surface area contributed by atoms with Crippen LogP contribution in [0.2, 0.25) is 0 Å². The summed E-state index contributed by atoms with van der Waals surface area (Å²) in [7, 11) is -3.84. The molecule has 2 aromatic carbocycles. The number of primary sulfonamides is 1. The highest BCUT2D eigenvalue weighted by atomic mass is 32.2. The predicted octanol–water partition coefficient (Wildman–Crippen LogP) is 1.37. The minimum atomic E-state index is -3.84. The summed E-state index contributed by atoms with van der Waals surface area (Å²) in [6.07, 6.45) is -1.23. The van der Waals surface area contributed by atoms with E-state index in [-0.39, 0.29) is 42.4 Å². The Morgan fingerprint density at radius 2 is 1.58 bits per heavy atom. The van der Waals surface area contributed by atoms with E-state index in [2.05, 4.69) is 10.6 Å². The number of hydrogen-bond donors (Lipinski definition) is 3. The summed E-state index contributed by atoms with van der Waals surface area (Å²) in [6, 6.07) is 13.8. The van der Waals surface area contributed by atoms with Gasteiger partial charge in [-0.1, -0.05) is 30.3 Å². The van der Waals surface area contributed by atoms with Crippen LogP contribution in [0.5, 0.6) is 0 Å². The molecule has 11 heteroatoms. The van der Waals surface area contributed by atoms with Gasteiger partial charge in [0, 0.05) is 30.6 Å². The Labute approximate surface area is 191 Å². The molecular formula is C22H25N3O7S. The number of ether oxygens (including phenoxy) is 1. The van der Waals surface area contributed by atoms with E-state index in [4.69, 9.17) is 9.88 Å². The van der Waals surface area contributed by atoms with Crippen LogP contribution in [0, 0.1) is 0 Å². The molecule has 0 aliphatic rings. The highest BCUT2D eigenvalue weighted by molar-refractivity contribution is 7.89. The number of Topliss-reactive ketones (excluding diaryl/α,β-unsaturated/α-hetero) is 1. The lowest BCUT2D eigenvalue weighted by Crippen LogP contribution is -2.32. The number of anilines is 1. The Kier molecular flexibility index (Phi) is 9.25. The SMILES string of the molecule is C[C@H](OC(=O)CCNC(=O)CCC(=O)c1ccccc1)C(=O)Nc1ccc(S(N)(=O)=O)cc1. The number of nitrogens with two attached hydrogens (primary N) is 1. The van der Waals surface area contributed by atoms with Gasteiger partial charge in [-0.05, 0) is 31.2 Å². The van der Waals surface area contributed by atoms with Crippen LogP contribution in [0.4, 0.5) is 5.69 Å². The average Bonchev–Trinajstić information content (AvgIpc) is 2.77. The first-order valence-corrected chi connectivity index (χ1v) is 11.6. The van der Waals surface area contributed by atoms with E-state index >= 15 is 0 Å². The molecule has 10 nitrogen and oxygen atoms in total. The second kappa shape index (κ2) is 11.9. The largest absolute Gasteiger partial charge is 0.452 e. The molecule has 0 fully saturated rings. The van der Waals surface area contributed by atoms with Crippen molar-refractivity contribution in [2.45, 2.75) is 37.2 Å². The Morgan fingerprint density at radius 1 is 0.939 bits per heavy atom. The number of nitrogens with one attached hydrogen (secondary N) is 2. The fraction of sp³-hybridized carbons (Fsp3) is 0.273. The van der Waals surface area contributed by atoms with Crippen LogP contribution in [-0.4, -0.2) is 44.6 Å². The van der Waals surface area contributed by atoms with E-state index in [9.17, 15) is 27.6 Å². The molecule has 2 amide bonds. The van der Waals surface area contributed by atoms with Gasteiger partial charge in [0.1, 0.15) is 0 Å². The van der Waals surface area contributed by atoms with Crippen molar-refractivity contribution in [2.24, 2.45) is 5.14 Å². The number of carbonyl (C=O) groups excluding carboxylic acids is 4. The van der Waals surface area contributed by atoms with Gasteiger partial charge < -0.3 is 15.4 Å². The van der Waals surface area contributed by atoms with Crippen LogP contribution < -0.4 is 15.8 Å².